The van der Waals surface area contributed by atoms with Crippen molar-refractivity contribution in [2.75, 3.05) is 64.5 Å². The molecule has 0 bridgehead atoms. The predicted molar refractivity (Wildman–Crippen MR) is 95.0 cm³/mol. The number of alkyl halides is 2. The Morgan fingerprint density at radius 3 is 2.42 bits per heavy atom. The Morgan fingerprint density at radius 2 is 1.77 bits per heavy atom. The molecule has 26 heavy (non-hydrogen) atoms. The van der Waals surface area contributed by atoms with Crippen molar-refractivity contribution in [3.63, 3.8) is 0 Å². The SMILES string of the molecule is COc1ccc(N2C=CN(CCN3CCN(CC(F)F)CC3)C2)cc1F. The van der Waals surface area contributed by atoms with E-state index in [4.69, 9.17) is 4.74 Å². The molecule has 0 radical (unpaired) electrons. The molecular formula is C18H25F3N4O. The molecule has 0 N–H and O–H groups in total. The number of nitrogens with zero attached hydrogens (tertiary/aromatic N) is 4. The zero-order valence-corrected chi connectivity index (χ0v) is 15.0. The van der Waals surface area contributed by atoms with Crippen LogP contribution in [0.5, 0.6) is 5.75 Å². The lowest BCUT2D eigenvalue weighted by Gasteiger charge is -2.35. The first-order valence-corrected chi connectivity index (χ1v) is 8.80. The summed E-state index contributed by atoms with van der Waals surface area (Å²) in [6.07, 6.45) is 1.67. The molecular weight excluding hydrogens is 345 g/mol. The summed E-state index contributed by atoms with van der Waals surface area (Å²) < 4.78 is 43.6. The van der Waals surface area contributed by atoms with Gasteiger partial charge in [0.1, 0.15) is 0 Å². The van der Waals surface area contributed by atoms with E-state index >= 15 is 0 Å². The largest absolute Gasteiger partial charge is 0.494 e. The zero-order chi connectivity index (χ0) is 18.5. The van der Waals surface area contributed by atoms with Gasteiger partial charge in [0.15, 0.2) is 11.6 Å². The van der Waals surface area contributed by atoms with E-state index in [-0.39, 0.29) is 18.1 Å². The minimum Gasteiger partial charge on any atom is -0.494 e. The van der Waals surface area contributed by atoms with Gasteiger partial charge >= 0.3 is 0 Å². The number of methoxy groups -OCH3 is 1. The van der Waals surface area contributed by atoms with Crippen LogP contribution in [-0.4, -0.2) is 80.7 Å². The van der Waals surface area contributed by atoms with Gasteiger partial charge in [-0.25, -0.2) is 13.2 Å². The predicted octanol–water partition coefficient (Wildman–Crippen LogP) is 2.27. The Bertz CT molecular complexity index is 620. The van der Waals surface area contributed by atoms with Crippen LogP contribution in [0.3, 0.4) is 0 Å². The summed E-state index contributed by atoms with van der Waals surface area (Å²) in [6, 6.07) is 4.92. The summed E-state index contributed by atoms with van der Waals surface area (Å²) in [5.74, 6) is -0.140. The molecule has 8 heteroatoms. The topological polar surface area (TPSA) is 22.2 Å². The lowest BCUT2D eigenvalue weighted by Crippen LogP contribution is -2.49. The van der Waals surface area contributed by atoms with Gasteiger partial charge in [-0.05, 0) is 12.1 Å². The molecule has 5 nitrogen and oxygen atoms in total. The number of anilines is 1. The van der Waals surface area contributed by atoms with Crippen LogP contribution in [0.4, 0.5) is 18.9 Å². The van der Waals surface area contributed by atoms with Crippen molar-refractivity contribution >= 4 is 5.69 Å². The van der Waals surface area contributed by atoms with Crippen LogP contribution in [-0.2, 0) is 0 Å². The molecule has 2 aliphatic rings. The van der Waals surface area contributed by atoms with Crippen LogP contribution in [0.25, 0.3) is 0 Å². The maximum Gasteiger partial charge on any atom is 0.251 e. The van der Waals surface area contributed by atoms with Crippen molar-refractivity contribution in [3.05, 3.63) is 36.4 Å². The highest BCUT2D eigenvalue weighted by Gasteiger charge is 2.21. The Labute approximate surface area is 152 Å². The summed E-state index contributed by atoms with van der Waals surface area (Å²) in [5, 5.41) is 0. The van der Waals surface area contributed by atoms with Crippen molar-refractivity contribution in [1.82, 2.24) is 14.7 Å². The molecule has 3 rings (SSSR count). The average Bonchev–Trinajstić information content (AvgIpc) is 3.09. The van der Waals surface area contributed by atoms with Gasteiger partial charge < -0.3 is 14.5 Å². The van der Waals surface area contributed by atoms with Gasteiger partial charge in [-0.1, -0.05) is 0 Å². The van der Waals surface area contributed by atoms with Crippen LogP contribution in [0, 0.1) is 5.82 Å². The number of rotatable bonds is 7. The van der Waals surface area contributed by atoms with Crippen LogP contribution in [0.15, 0.2) is 30.6 Å². The van der Waals surface area contributed by atoms with Crippen molar-refractivity contribution in [3.8, 4) is 5.75 Å². The summed E-state index contributed by atoms with van der Waals surface area (Å²) in [4.78, 5) is 8.25. The molecule has 0 amide bonds. The highest BCUT2D eigenvalue weighted by Crippen LogP contribution is 2.25. The zero-order valence-electron chi connectivity index (χ0n) is 15.0. The van der Waals surface area contributed by atoms with Crippen LogP contribution in [0.2, 0.25) is 0 Å². The van der Waals surface area contributed by atoms with Gasteiger partial charge in [-0.2, -0.15) is 0 Å². The summed E-state index contributed by atoms with van der Waals surface area (Å²) in [5.41, 5.74) is 0.780. The van der Waals surface area contributed by atoms with Gasteiger partial charge in [0.2, 0.25) is 0 Å². The highest BCUT2D eigenvalue weighted by molar-refractivity contribution is 5.52. The van der Waals surface area contributed by atoms with Crippen LogP contribution >= 0.6 is 0 Å². The average molecular weight is 370 g/mol. The lowest BCUT2D eigenvalue weighted by atomic mass is 10.2. The minimum atomic E-state index is -2.26. The molecule has 2 heterocycles. The van der Waals surface area contributed by atoms with E-state index in [0.717, 1.165) is 31.9 Å². The van der Waals surface area contributed by atoms with Gasteiger partial charge in [0.25, 0.3) is 6.43 Å². The fourth-order valence-corrected chi connectivity index (χ4v) is 3.27. The molecule has 0 aliphatic carbocycles. The van der Waals surface area contributed by atoms with Gasteiger partial charge in [-0.3, -0.25) is 9.80 Å². The molecule has 1 aromatic carbocycles. The molecule has 0 spiro atoms. The Kier molecular flexibility index (Phi) is 6.26. The van der Waals surface area contributed by atoms with Crippen molar-refractivity contribution in [2.24, 2.45) is 0 Å². The fourth-order valence-electron chi connectivity index (χ4n) is 3.27. The molecule has 0 saturated carbocycles. The summed E-state index contributed by atoms with van der Waals surface area (Å²) >= 11 is 0. The molecule has 144 valence electrons. The van der Waals surface area contributed by atoms with E-state index in [1.807, 2.05) is 28.3 Å². The number of benzene rings is 1. The quantitative estimate of drug-likeness (QED) is 0.732. The van der Waals surface area contributed by atoms with E-state index in [9.17, 15) is 13.2 Å². The molecule has 1 aromatic rings. The van der Waals surface area contributed by atoms with Crippen molar-refractivity contribution in [2.45, 2.75) is 6.43 Å². The summed E-state index contributed by atoms with van der Waals surface area (Å²) in [6.45, 7) is 5.29. The number of halogens is 3. The molecule has 2 aliphatic heterocycles. The Balaban J connectivity index is 1.42. The highest BCUT2D eigenvalue weighted by atomic mass is 19.3. The van der Waals surface area contributed by atoms with Gasteiger partial charge in [0.05, 0.1) is 20.3 Å². The molecule has 1 fully saturated rings. The molecule has 0 aromatic heterocycles. The van der Waals surface area contributed by atoms with Crippen LogP contribution < -0.4 is 9.64 Å². The number of ether oxygens (including phenoxy) is 1. The second kappa shape index (κ2) is 8.64. The standard InChI is InChI=1S/C18H25F3N4O/c1-26-17-3-2-15(12-16(17)19)25-11-10-24(14-25)9-6-22-4-7-23(8-5-22)13-18(20)21/h2-3,10-12,18H,4-9,13-14H2,1H3. The minimum absolute atomic E-state index is 0.129. The van der Waals surface area contributed by atoms with E-state index in [0.29, 0.717) is 19.8 Å². The fraction of sp³-hybridized carbons (Fsp3) is 0.556. The first-order valence-electron chi connectivity index (χ1n) is 8.80. The Morgan fingerprint density at radius 1 is 1.04 bits per heavy atom. The van der Waals surface area contributed by atoms with Gasteiger partial charge in [0, 0.05) is 63.4 Å². The first-order chi connectivity index (χ1) is 12.5. The lowest BCUT2D eigenvalue weighted by molar-refractivity contribution is 0.0549. The van der Waals surface area contributed by atoms with E-state index in [1.54, 1.807) is 6.07 Å². The maximum atomic E-state index is 13.9. The van der Waals surface area contributed by atoms with Crippen LogP contribution in [0.1, 0.15) is 0 Å². The number of hydrogen-bond acceptors (Lipinski definition) is 5. The smallest absolute Gasteiger partial charge is 0.251 e. The first kappa shape index (κ1) is 18.8. The summed E-state index contributed by atoms with van der Waals surface area (Å²) in [7, 11) is 1.45. The normalized spacial score (nSPS) is 19.0. The third kappa shape index (κ3) is 4.82. The third-order valence-electron chi connectivity index (χ3n) is 4.82. The van der Waals surface area contributed by atoms with Crippen molar-refractivity contribution < 1.29 is 17.9 Å². The second-order valence-corrected chi connectivity index (χ2v) is 6.57. The Hall–Kier alpha value is -1.93. The van der Waals surface area contributed by atoms with Gasteiger partial charge in [-0.15, -0.1) is 0 Å². The number of piperazine rings is 1. The maximum absolute atomic E-state index is 13.9. The third-order valence-corrected chi connectivity index (χ3v) is 4.82. The van der Waals surface area contributed by atoms with E-state index < -0.39 is 6.43 Å². The van der Waals surface area contributed by atoms with Crippen molar-refractivity contribution in [1.29, 1.82) is 0 Å². The number of hydrogen-bond donors (Lipinski definition) is 0. The molecule has 0 unspecified atom stereocenters. The second-order valence-electron chi connectivity index (χ2n) is 6.57. The van der Waals surface area contributed by atoms with E-state index in [2.05, 4.69) is 9.80 Å². The monoisotopic (exact) mass is 370 g/mol. The van der Waals surface area contributed by atoms with E-state index in [1.165, 1.54) is 13.2 Å². The molecule has 0 atom stereocenters. The molecule has 1 saturated heterocycles.